The lowest BCUT2D eigenvalue weighted by Crippen LogP contribution is -2.52. The van der Waals surface area contributed by atoms with Crippen LogP contribution in [0.2, 0.25) is 0 Å². The van der Waals surface area contributed by atoms with E-state index in [9.17, 15) is 0 Å². The highest BCUT2D eigenvalue weighted by Gasteiger charge is 2.38. The first-order valence-electron chi connectivity index (χ1n) is 8.84. The minimum absolute atomic E-state index is 0.179. The number of aliphatic imine (C=N–C) groups is 1. The second-order valence-corrected chi connectivity index (χ2v) is 6.59. The number of rotatable bonds is 3. The lowest BCUT2D eigenvalue weighted by Gasteiger charge is -2.47. The number of hydrogen-bond acceptors (Lipinski definition) is 4. The van der Waals surface area contributed by atoms with Crippen LogP contribution in [0.25, 0.3) is 0 Å². The van der Waals surface area contributed by atoms with Gasteiger partial charge in [-0.05, 0) is 43.9 Å². The van der Waals surface area contributed by atoms with E-state index >= 15 is 0 Å². The molecule has 0 bridgehead atoms. The van der Waals surface area contributed by atoms with Crippen LogP contribution in [0.15, 0.2) is 71.1 Å². The maximum absolute atomic E-state index is 4.58. The molecule has 0 saturated carbocycles. The smallest absolute Gasteiger partial charge is 0.155 e. The van der Waals surface area contributed by atoms with E-state index in [1.54, 1.807) is 0 Å². The molecular weight excluding hydrogens is 296 g/mol. The summed E-state index contributed by atoms with van der Waals surface area (Å²) in [7, 11) is 0. The van der Waals surface area contributed by atoms with Crippen molar-refractivity contribution >= 4 is 11.9 Å². The van der Waals surface area contributed by atoms with Crippen LogP contribution in [0, 0.1) is 0 Å². The summed E-state index contributed by atoms with van der Waals surface area (Å²) < 4.78 is 0. The van der Waals surface area contributed by atoms with Crippen LogP contribution in [0.4, 0.5) is 5.69 Å². The van der Waals surface area contributed by atoms with Gasteiger partial charge in [-0.3, -0.25) is 4.90 Å². The summed E-state index contributed by atoms with van der Waals surface area (Å²) in [4.78, 5) is 9.06. The summed E-state index contributed by atoms with van der Waals surface area (Å²) in [6.45, 7) is 4.56. The van der Waals surface area contributed by atoms with Gasteiger partial charge >= 0.3 is 0 Å². The average Bonchev–Trinajstić information content (AvgIpc) is 2.67. The zero-order valence-electron chi connectivity index (χ0n) is 14.4. The molecule has 4 rings (SSSR count). The molecule has 1 N–H and O–H groups in total. The number of fused-ring (bicyclic) bond motifs is 2. The van der Waals surface area contributed by atoms with Crippen molar-refractivity contribution in [1.29, 1.82) is 0 Å². The van der Waals surface area contributed by atoms with E-state index in [-0.39, 0.29) is 5.54 Å². The first-order chi connectivity index (χ1) is 11.8. The second kappa shape index (κ2) is 5.86. The molecule has 1 aromatic rings. The molecule has 0 aliphatic carbocycles. The highest BCUT2D eigenvalue weighted by Crippen LogP contribution is 2.40. The van der Waals surface area contributed by atoms with E-state index in [4.69, 9.17) is 0 Å². The van der Waals surface area contributed by atoms with E-state index in [0.29, 0.717) is 0 Å². The van der Waals surface area contributed by atoms with Crippen LogP contribution >= 0.6 is 0 Å². The Kier molecular flexibility index (Phi) is 3.68. The Bertz CT molecular complexity index is 738. The topological polar surface area (TPSA) is 30.9 Å². The summed E-state index contributed by atoms with van der Waals surface area (Å²) in [6, 6.07) is 10.5. The summed E-state index contributed by atoms with van der Waals surface area (Å²) in [5, 5.41) is 3.87. The van der Waals surface area contributed by atoms with Crippen molar-refractivity contribution in [2.24, 2.45) is 4.99 Å². The highest BCUT2D eigenvalue weighted by molar-refractivity contribution is 5.74. The fourth-order valence-electron chi connectivity index (χ4n) is 3.76. The molecule has 0 saturated heterocycles. The van der Waals surface area contributed by atoms with Crippen molar-refractivity contribution in [3.8, 4) is 0 Å². The number of allylic oxidation sites excluding steroid dienone is 2. The average molecular weight is 320 g/mol. The molecule has 4 heteroatoms. The molecular formula is C20H24N4. The van der Waals surface area contributed by atoms with Crippen LogP contribution < -0.4 is 10.2 Å². The van der Waals surface area contributed by atoms with Gasteiger partial charge < -0.3 is 10.2 Å². The van der Waals surface area contributed by atoms with Crippen LogP contribution in [0.5, 0.6) is 0 Å². The molecule has 0 atom stereocenters. The van der Waals surface area contributed by atoms with E-state index in [1.807, 2.05) is 12.3 Å². The van der Waals surface area contributed by atoms with Crippen LogP contribution in [-0.4, -0.2) is 16.7 Å². The summed E-state index contributed by atoms with van der Waals surface area (Å²) in [5.74, 6) is 2.13. The van der Waals surface area contributed by atoms with Gasteiger partial charge in [0, 0.05) is 23.6 Å². The van der Waals surface area contributed by atoms with Gasteiger partial charge in [-0.15, -0.1) is 0 Å². The third kappa shape index (κ3) is 2.33. The van der Waals surface area contributed by atoms with Gasteiger partial charge in [-0.25, -0.2) is 4.99 Å². The van der Waals surface area contributed by atoms with Crippen molar-refractivity contribution in [1.82, 2.24) is 10.2 Å². The van der Waals surface area contributed by atoms with Crippen molar-refractivity contribution in [3.63, 3.8) is 0 Å². The van der Waals surface area contributed by atoms with Crippen LogP contribution in [0.3, 0.4) is 0 Å². The summed E-state index contributed by atoms with van der Waals surface area (Å²) in [5.41, 5.74) is 2.69. The monoisotopic (exact) mass is 320 g/mol. The maximum atomic E-state index is 4.58. The molecule has 4 nitrogen and oxygen atoms in total. The molecule has 0 radical (unpaired) electrons. The van der Waals surface area contributed by atoms with E-state index < -0.39 is 0 Å². The van der Waals surface area contributed by atoms with Crippen molar-refractivity contribution in [3.05, 3.63) is 66.1 Å². The number of hydrogen-bond donors (Lipinski definition) is 1. The fraction of sp³-hybridized carbons (Fsp3) is 0.350. The Balaban J connectivity index is 1.80. The first kappa shape index (κ1) is 15.1. The third-order valence-electron chi connectivity index (χ3n) is 5.44. The largest absolute Gasteiger partial charge is 0.364 e. The molecule has 3 aliphatic heterocycles. The van der Waals surface area contributed by atoms with Crippen molar-refractivity contribution in [2.45, 2.75) is 45.1 Å². The van der Waals surface area contributed by atoms with Crippen molar-refractivity contribution in [2.75, 3.05) is 4.90 Å². The van der Waals surface area contributed by atoms with Gasteiger partial charge in [-0.2, -0.15) is 0 Å². The van der Waals surface area contributed by atoms with E-state index in [1.165, 1.54) is 17.2 Å². The molecule has 0 unspecified atom stereocenters. The Labute approximate surface area is 143 Å². The van der Waals surface area contributed by atoms with Gasteiger partial charge in [0.25, 0.3) is 0 Å². The van der Waals surface area contributed by atoms with E-state index in [2.05, 4.69) is 76.7 Å². The van der Waals surface area contributed by atoms with Gasteiger partial charge in [-0.1, -0.05) is 32.0 Å². The maximum Gasteiger partial charge on any atom is 0.155 e. The minimum atomic E-state index is 0.179. The molecule has 24 heavy (non-hydrogen) atoms. The molecule has 124 valence electrons. The number of anilines is 1. The molecule has 0 fully saturated rings. The SMILES string of the molecule is CCC1(CC)CCC2=C(N1)N1C=CC=NC1=CN2c1ccccc1. The molecule has 0 spiro atoms. The highest BCUT2D eigenvalue weighted by atomic mass is 15.4. The normalized spacial score (nSPS) is 21.2. The Morgan fingerprint density at radius 2 is 1.92 bits per heavy atom. The van der Waals surface area contributed by atoms with Crippen LogP contribution in [0.1, 0.15) is 39.5 Å². The van der Waals surface area contributed by atoms with Gasteiger partial charge in [0.2, 0.25) is 0 Å². The summed E-state index contributed by atoms with van der Waals surface area (Å²) in [6.07, 6.45) is 12.6. The number of nitrogens with zero attached hydrogens (tertiary/aromatic N) is 3. The number of nitrogens with one attached hydrogen (secondary N) is 1. The fourth-order valence-corrected chi connectivity index (χ4v) is 3.76. The Morgan fingerprint density at radius 3 is 2.67 bits per heavy atom. The molecule has 3 aliphatic rings. The zero-order valence-corrected chi connectivity index (χ0v) is 14.4. The van der Waals surface area contributed by atoms with Crippen molar-refractivity contribution < 1.29 is 0 Å². The first-order valence-corrected chi connectivity index (χ1v) is 8.84. The quantitative estimate of drug-likeness (QED) is 0.900. The molecule has 0 aromatic heterocycles. The number of benzene rings is 1. The van der Waals surface area contributed by atoms with Gasteiger partial charge in [0.15, 0.2) is 5.82 Å². The second-order valence-electron chi connectivity index (χ2n) is 6.59. The predicted molar refractivity (Wildman–Crippen MR) is 99.2 cm³/mol. The lowest BCUT2D eigenvalue weighted by molar-refractivity contribution is 0.252. The Morgan fingerprint density at radius 1 is 1.12 bits per heavy atom. The summed E-state index contributed by atoms with van der Waals surface area (Å²) >= 11 is 0. The predicted octanol–water partition coefficient (Wildman–Crippen LogP) is 4.32. The molecule has 3 heterocycles. The molecule has 0 amide bonds. The molecule has 1 aromatic carbocycles. The lowest BCUT2D eigenvalue weighted by atomic mass is 9.84. The Hall–Kier alpha value is -2.49. The van der Waals surface area contributed by atoms with Gasteiger partial charge in [0.1, 0.15) is 5.82 Å². The number of para-hydroxylation sites is 1. The zero-order chi connectivity index (χ0) is 16.6. The minimum Gasteiger partial charge on any atom is -0.364 e. The standard InChI is InChI=1S/C20H24N4/c1-3-20(4-2)12-11-17-19(22-20)23-14-8-13-21-18(23)15-24(17)16-9-6-5-7-10-16/h5-10,13-15,22H,3-4,11-12H2,1-2H3. The third-order valence-corrected chi connectivity index (χ3v) is 5.44. The van der Waals surface area contributed by atoms with Crippen LogP contribution in [-0.2, 0) is 0 Å². The van der Waals surface area contributed by atoms with Gasteiger partial charge in [0.05, 0.1) is 11.9 Å². The van der Waals surface area contributed by atoms with E-state index in [0.717, 1.165) is 31.5 Å².